The van der Waals surface area contributed by atoms with E-state index in [0.717, 1.165) is 6.07 Å². The van der Waals surface area contributed by atoms with Gasteiger partial charge in [-0.15, -0.1) is 0 Å². The molecule has 1 aromatic carbocycles. The molecule has 0 fully saturated rings. The SMILES string of the molecule is COc1ccc(-c2ccc(CO)c(C(F)(F)F)c2)cn1. The van der Waals surface area contributed by atoms with Gasteiger partial charge in [0.2, 0.25) is 5.88 Å². The zero-order chi connectivity index (χ0) is 14.8. The lowest BCUT2D eigenvalue weighted by molar-refractivity contribution is -0.138. The zero-order valence-electron chi connectivity index (χ0n) is 10.6. The maximum atomic E-state index is 12.9. The second-order valence-corrected chi connectivity index (χ2v) is 4.12. The van der Waals surface area contributed by atoms with Crippen LogP contribution in [0.4, 0.5) is 13.2 Å². The molecule has 0 saturated heterocycles. The van der Waals surface area contributed by atoms with Gasteiger partial charge >= 0.3 is 6.18 Å². The Hall–Kier alpha value is -2.08. The predicted molar refractivity (Wildman–Crippen MR) is 67.1 cm³/mol. The Morgan fingerprint density at radius 3 is 2.35 bits per heavy atom. The van der Waals surface area contributed by atoms with Crippen LogP contribution < -0.4 is 4.74 Å². The Balaban J connectivity index is 2.47. The number of ether oxygens (including phenoxy) is 1. The maximum absolute atomic E-state index is 12.9. The Morgan fingerprint density at radius 1 is 1.15 bits per heavy atom. The summed E-state index contributed by atoms with van der Waals surface area (Å²) in [5.41, 5.74) is -0.0680. The number of hydrogen-bond donors (Lipinski definition) is 1. The molecule has 0 saturated carbocycles. The molecular weight excluding hydrogens is 271 g/mol. The third-order valence-electron chi connectivity index (χ3n) is 2.86. The van der Waals surface area contributed by atoms with E-state index < -0.39 is 18.3 Å². The van der Waals surface area contributed by atoms with E-state index in [4.69, 9.17) is 9.84 Å². The normalized spacial score (nSPS) is 11.4. The van der Waals surface area contributed by atoms with Crippen LogP contribution in [0.3, 0.4) is 0 Å². The van der Waals surface area contributed by atoms with Gasteiger partial charge in [-0.05, 0) is 23.3 Å². The quantitative estimate of drug-likeness (QED) is 0.940. The van der Waals surface area contributed by atoms with Crippen LogP contribution in [0.1, 0.15) is 11.1 Å². The summed E-state index contributed by atoms with van der Waals surface area (Å²) >= 11 is 0. The molecule has 0 amide bonds. The second-order valence-electron chi connectivity index (χ2n) is 4.12. The van der Waals surface area contributed by atoms with Crippen molar-refractivity contribution in [2.75, 3.05) is 7.11 Å². The number of alkyl halides is 3. The maximum Gasteiger partial charge on any atom is 0.416 e. The lowest BCUT2D eigenvalue weighted by Crippen LogP contribution is -2.09. The summed E-state index contributed by atoms with van der Waals surface area (Å²) in [5, 5.41) is 8.98. The number of aromatic nitrogens is 1. The van der Waals surface area contributed by atoms with Gasteiger partial charge in [0, 0.05) is 17.8 Å². The predicted octanol–water partition coefficient (Wildman–Crippen LogP) is 3.27. The molecule has 2 aromatic rings. The van der Waals surface area contributed by atoms with Crippen LogP contribution in [0, 0.1) is 0 Å². The lowest BCUT2D eigenvalue weighted by atomic mass is 10.00. The van der Waals surface area contributed by atoms with Crippen molar-refractivity contribution in [2.24, 2.45) is 0 Å². The second kappa shape index (κ2) is 5.50. The monoisotopic (exact) mass is 283 g/mol. The van der Waals surface area contributed by atoms with Crippen LogP contribution in [-0.4, -0.2) is 17.2 Å². The van der Waals surface area contributed by atoms with Crippen molar-refractivity contribution in [3.05, 3.63) is 47.7 Å². The van der Waals surface area contributed by atoms with E-state index in [-0.39, 0.29) is 5.56 Å². The van der Waals surface area contributed by atoms with Gasteiger partial charge in [0.15, 0.2) is 0 Å². The van der Waals surface area contributed by atoms with Crippen LogP contribution in [0.2, 0.25) is 0 Å². The molecule has 6 heteroatoms. The molecule has 0 atom stereocenters. The van der Waals surface area contributed by atoms with E-state index in [1.165, 1.54) is 25.4 Å². The number of hydrogen-bond acceptors (Lipinski definition) is 3. The van der Waals surface area contributed by atoms with Gasteiger partial charge in [0.1, 0.15) is 0 Å². The van der Waals surface area contributed by atoms with Gasteiger partial charge in [0.25, 0.3) is 0 Å². The van der Waals surface area contributed by atoms with Crippen molar-refractivity contribution < 1.29 is 23.0 Å². The molecule has 106 valence electrons. The van der Waals surface area contributed by atoms with E-state index in [0.29, 0.717) is 17.0 Å². The average Bonchev–Trinajstić information content (AvgIpc) is 2.46. The average molecular weight is 283 g/mol. The smallest absolute Gasteiger partial charge is 0.416 e. The molecule has 0 spiro atoms. The van der Waals surface area contributed by atoms with Crippen molar-refractivity contribution in [3.63, 3.8) is 0 Å². The summed E-state index contributed by atoms with van der Waals surface area (Å²) in [6.07, 6.45) is -3.07. The lowest BCUT2D eigenvalue weighted by Gasteiger charge is -2.13. The van der Waals surface area contributed by atoms with E-state index in [1.807, 2.05) is 0 Å². The van der Waals surface area contributed by atoms with Crippen molar-refractivity contribution in [2.45, 2.75) is 12.8 Å². The first-order valence-electron chi connectivity index (χ1n) is 5.77. The van der Waals surface area contributed by atoms with Gasteiger partial charge in [-0.1, -0.05) is 12.1 Å². The fraction of sp³-hybridized carbons (Fsp3) is 0.214. The van der Waals surface area contributed by atoms with Crippen LogP contribution >= 0.6 is 0 Å². The molecule has 0 aliphatic heterocycles. The standard InChI is InChI=1S/C14H12F3NO2/c1-20-13-5-4-10(7-18-13)9-2-3-11(8-19)12(6-9)14(15,16)17/h2-7,19H,8H2,1H3. The molecule has 20 heavy (non-hydrogen) atoms. The molecule has 1 N–H and O–H groups in total. The minimum absolute atomic E-state index is 0.150. The van der Waals surface area contributed by atoms with Crippen LogP contribution in [0.5, 0.6) is 5.88 Å². The molecule has 2 rings (SSSR count). The summed E-state index contributed by atoms with van der Waals surface area (Å²) in [6, 6.07) is 6.99. The number of rotatable bonds is 3. The summed E-state index contributed by atoms with van der Waals surface area (Å²) < 4.78 is 43.6. The first-order valence-corrected chi connectivity index (χ1v) is 5.77. The first-order chi connectivity index (χ1) is 9.45. The van der Waals surface area contributed by atoms with Gasteiger partial charge in [-0.2, -0.15) is 13.2 Å². The molecule has 0 aliphatic carbocycles. The number of halogens is 3. The highest BCUT2D eigenvalue weighted by molar-refractivity contribution is 5.64. The van der Waals surface area contributed by atoms with E-state index in [2.05, 4.69) is 4.98 Å². The molecule has 1 aromatic heterocycles. The highest BCUT2D eigenvalue weighted by atomic mass is 19.4. The van der Waals surface area contributed by atoms with Gasteiger partial charge in [0.05, 0.1) is 19.3 Å². The molecular formula is C14H12F3NO2. The Labute approximate surface area is 113 Å². The first kappa shape index (κ1) is 14.3. The van der Waals surface area contributed by atoms with Crippen LogP contribution in [0.15, 0.2) is 36.5 Å². The fourth-order valence-corrected chi connectivity index (χ4v) is 1.83. The Kier molecular flexibility index (Phi) is 3.94. The molecule has 0 radical (unpaired) electrons. The third-order valence-corrected chi connectivity index (χ3v) is 2.86. The van der Waals surface area contributed by atoms with E-state index >= 15 is 0 Å². The Morgan fingerprint density at radius 2 is 1.85 bits per heavy atom. The van der Waals surface area contributed by atoms with Gasteiger partial charge in [-0.25, -0.2) is 4.98 Å². The number of pyridine rings is 1. The largest absolute Gasteiger partial charge is 0.481 e. The number of benzene rings is 1. The molecule has 0 bridgehead atoms. The summed E-state index contributed by atoms with van der Waals surface area (Å²) in [7, 11) is 1.46. The topological polar surface area (TPSA) is 42.4 Å². The molecule has 0 aliphatic rings. The molecule has 3 nitrogen and oxygen atoms in total. The number of methoxy groups -OCH3 is 1. The van der Waals surface area contributed by atoms with Crippen molar-refractivity contribution >= 4 is 0 Å². The summed E-state index contributed by atoms with van der Waals surface area (Å²) in [6.45, 7) is -0.657. The van der Waals surface area contributed by atoms with Gasteiger partial charge in [-0.3, -0.25) is 0 Å². The van der Waals surface area contributed by atoms with Crippen LogP contribution in [0.25, 0.3) is 11.1 Å². The summed E-state index contributed by atoms with van der Waals surface area (Å²) in [5.74, 6) is 0.386. The third kappa shape index (κ3) is 2.91. The molecule has 1 heterocycles. The van der Waals surface area contributed by atoms with Crippen molar-refractivity contribution in [1.29, 1.82) is 0 Å². The number of aliphatic hydroxyl groups excluding tert-OH is 1. The van der Waals surface area contributed by atoms with Crippen LogP contribution in [-0.2, 0) is 12.8 Å². The van der Waals surface area contributed by atoms with E-state index in [1.54, 1.807) is 12.1 Å². The van der Waals surface area contributed by atoms with Crippen molar-refractivity contribution in [1.82, 2.24) is 4.98 Å². The summed E-state index contributed by atoms with van der Waals surface area (Å²) in [4.78, 5) is 3.96. The zero-order valence-corrected chi connectivity index (χ0v) is 10.6. The fourth-order valence-electron chi connectivity index (χ4n) is 1.83. The minimum atomic E-state index is -4.51. The highest BCUT2D eigenvalue weighted by Gasteiger charge is 2.33. The number of aliphatic hydroxyl groups is 1. The minimum Gasteiger partial charge on any atom is -0.481 e. The molecule has 0 unspecified atom stereocenters. The Bertz CT molecular complexity index is 594. The number of nitrogens with zero attached hydrogens (tertiary/aromatic N) is 1. The highest BCUT2D eigenvalue weighted by Crippen LogP contribution is 2.35. The van der Waals surface area contributed by atoms with E-state index in [9.17, 15) is 13.2 Å². The van der Waals surface area contributed by atoms with Crippen molar-refractivity contribution in [3.8, 4) is 17.0 Å². The van der Waals surface area contributed by atoms with Gasteiger partial charge < -0.3 is 9.84 Å².